The summed E-state index contributed by atoms with van der Waals surface area (Å²) in [5, 5.41) is 11.3. The molecule has 0 saturated heterocycles. The molecule has 13 heavy (non-hydrogen) atoms. The van der Waals surface area contributed by atoms with Crippen molar-refractivity contribution in [3.63, 3.8) is 0 Å². The maximum Gasteiger partial charge on any atom is 0.0417 e. The Morgan fingerprint density at radius 3 is 2.92 bits per heavy atom. The Kier molecular flexibility index (Phi) is 3.17. The third-order valence-electron chi connectivity index (χ3n) is 3.19. The van der Waals surface area contributed by atoms with Crippen LogP contribution in [0.25, 0.3) is 0 Å². The predicted octanol–water partition coefficient (Wildman–Crippen LogP) is 1.49. The fourth-order valence-corrected chi connectivity index (χ4v) is 2.83. The molecular weight excluding hydrogens is 232 g/mol. The van der Waals surface area contributed by atoms with E-state index >= 15 is 0 Å². The first kappa shape index (κ1) is 10.8. The lowest BCUT2D eigenvalue weighted by atomic mass is 9.78. The number of hydrogen-bond acceptors (Lipinski definition) is 2. The summed E-state index contributed by atoms with van der Waals surface area (Å²) in [6.07, 6.45) is 2.02. The van der Waals surface area contributed by atoms with Crippen molar-refractivity contribution < 1.29 is 9.90 Å². The molecule has 0 bridgehead atoms. The number of carboxylic acid groups (broad SMARTS) is 1. The topological polar surface area (TPSA) is 40.1 Å². The van der Waals surface area contributed by atoms with E-state index in [2.05, 4.69) is 29.4 Å². The smallest absolute Gasteiger partial charge is 0.0417 e. The van der Waals surface area contributed by atoms with Gasteiger partial charge >= 0.3 is 0 Å². The highest BCUT2D eigenvalue weighted by atomic mass is 79.9. The molecule has 2 atom stereocenters. The number of carbonyl (C=O) groups excluding carboxylic acids is 1. The van der Waals surface area contributed by atoms with Crippen LogP contribution in [0.15, 0.2) is 12.2 Å². The molecule has 0 unspecified atom stereocenters. The molecule has 1 aliphatic rings. The van der Waals surface area contributed by atoms with Gasteiger partial charge in [-0.1, -0.05) is 35.0 Å². The molecular formula is C10H14BrO2-. The summed E-state index contributed by atoms with van der Waals surface area (Å²) < 4.78 is 0. The minimum atomic E-state index is -0.952. The number of alkyl halides is 1. The van der Waals surface area contributed by atoms with E-state index < -0.39 is 5.97 Å². The van der Waals surface area contributed by atoms with Crippen LogP contribution in [0.1, 0.15) is 26.2 Å². The second-order valence-electron chi connectivity index (χ2n) is 3.97. The van der Waals surface area contributed by atoms with Gasteiger partial charge in [-0.2, -0.15) is 0 Å². The molecule has 0 aromatic carbocycles. The van der Waals surface area contributed by atoms with Crippen molar-refractivity contribution in [3.05, 3.63) is 12.2 Å². The highest BCUT2D eigenvalue weighted by molar-refractivity contribution is 9.09. The lowest BCUT2D eigenvalue weighted by molar-refractivity contribution is -0.307. The molecule has 3 heteroatoms. The third kappa shape index (κ3) is 1.96. The molecule has 74 valence electrons. The van der Waals surface area contributed by atoms with Gasteiger partial charge in [0, 0.05) is 16.7 Å². The van der Waals surface area contributed by atoms with E-state index in [-0.39, 0.29) is 17.8 Å². The average Bonchev–Trinajstić information content (AvgIpc) is 2.33. The summed E-state index contributed by atoms with van der Waals surface area (Å²) in [4.78, 5) is 10.5. The fourth-order valence-electron chi connectivity index (χ4n) is 1.97. The van der Waals surface area contributed by atoms with E-state index in [0.717, 1.165) is 23.7 Å². The van der Waals surface area contributed by atoms with Crippen LogP contribution >= 0.6 is 15.9 Å². The zero-order valence-corrected chi connectivity index (χ0v) is 9.39. The van der Waals surface area contributed by atoms with Crippen molar-refractivity contribution in [2.45, 2.75) is 26.2 Å². The first-order valence-corrected chi connectivity index (χ1v) is 5.57. The van der Waals surface area contributed by atoms with Crippen LogP contribution in [0.4, 0.5) is 0 Å². The Balaban J connectivity index is 2.75. The third-order valence-corrected chi connectivity index (χ3v) is 4.36. The second kappa shape index (κ2) is 3.82. The van der Waals surface area contributed by atoms with Crippen LogP contribution in [-0.2, 0) is 4.79 Å². The van der Waals surface area contributed by atoms with Crippen molar-refractivity contribution in [1.29, 1.82) is 0 Å². The molecule has 1 saturated carbocycles. The number of rotatable bonds is 3. The van der Waals surface area contributed by atoms with Crippen LogP contribution in [0, 0.1) is 11.3 Å². The average molecular weight is 246 g/mol. The Bertz CT molecular complexity index is 237. The Hall–Kier alpha value is -0.310. The molecule has 2 nitrogen and oxygen atoms in total. The van der Waals surface area contributed by atoms with Gasteiger partial charge in [0.15, 0.2) is 0 Å². The van der Waals surface area contributed by atoms with Crippen LogP contribution in [0.3, 0.4) is 0 Å². The maximum atomic E-state index is 10.5. The molecule has 0 aromatic heterocycles. The standard InChI is InChI=1S/C10H15BrO2/c1-7-3-4-8(5-9(12)13)10(7,2)6-11/h8H,1,3-6H2,2H3,(H,12,13)/p-1/t8-,10-/m1/s1. The lowest BCUT2D eigenvalue weighted by Crippen LogP contribution is -2.32. The van der Waals surface area contributed by atoms with E-state index in [1.807, 2.05) is 0 Å². The van der Waals surface area contributed by atoms with Gasteiger partial charge in [-0.15, -0.1) is 0 Å². The number of hydrogen-bond donors (Lipinski definition) is 0. The summed E-state index contributed by atoms with van der Waals surface area (Å²) >= 11 is 3.43. The van der Waals surface area contributed by atoms with Gasteiger partial charge in [-0.3, -0.25) is 0 Å². The molecule has 0 radical (unpaired) electrons. The normalized spacial score (nSPS) is 33.7. The summed E-state index contributed by atoms with van der Waals surface area (Å²) in [6.45, 7) is 6.07. The van der Waals surface area contributed by atoms with Crippen LogP contribution < -0.4 is 5.11 Å². The molecule has 1 fully saturated rings. The summed E-state index contributed by atoms with van der Waals surface area (Å²) in [7, 11) is 0. The van der Waals surface area contributed by atoms with Crippen molar-refractivity contribution in [3.8, 4) is 0 Å². The minimum Gasteiger partial charge on any atom is -0.550 e. The number of allylic oxidation sites excluding steroid dienone is 1. The SMILES string of the molecule is C=C1CC[C@H](CC(=O)[O-])[C@]1(C)CBr. The molecule has 0 heterocycles. The first-order valence-electron chi connectivity index (χ1n) is 4.44. The van der Waals surface area contributed by atoms with Crippen molar-refractivity contribution >= 4 is 21.9 Å². The Morgan fingerprint density at radius 1 is 1.85 bits per heavy atom. The molecule has 0 N–H and O–H groups in total. The summed E-state index contributed by atoms with van der Waals surface area (Å²) in [5.74, 6) is -0.767. The van der Waals surface area contributed by atoms with Gasteiger partial charge in [0.25, 0.3) is 0 Å². The quantitative estimate of drug-likeness (QED) is 0.559. The van der Waals surface area contributed by atoms with E-state index in [9.17, 15) is 9.90 Å². The van der Waals surface area contributed by atoms with Gasteiger partial charge in [-0.05, 0) is 25.2 Å². The van der Waals surface area contributed by atoms with Crippen LogP contribution in [-0.4, -0.2) is 11.3 Å². The van der Waals surface area contributed by atoms with Crippen molar-refractivity contribution in [2.24, 2.45) is 11.3 Å². The highest BCUT2D eigenvalue weighted by Gasteiger charge is 2.40. The van der Waals surface area contributed by atoms with E-state index in [4.69, 9.17) is 0 Å². The Morgan fingerprint density at radius 2 is 2.46 bits per heavy atom. The van der Waals surface area contributed by atoms with Gasteiger partial charge in [0.05, 0.1) is 0 Å². The largest absolute Gasteiger partial charge is 0.550 e. The van der Waals surface area contributed by atoms with Gasteiger partial charge in [0.2, 0.25) is 0 Å². The first-order chi connectivity index (χ1) is 6.00. The van der Waals surface area contributed by atoms with E-state index in [1.54, 1.807) is 0 Å². The molecule has 1 aliphatic carbocycles. The summed E-state index contributed by atoms with van der Waals surface area (Å²) in [6, 6.07) is 0. The maximum absolute atomic E-state index is 10.5. The molecule has 0 spiro atoms. The lowest BCUT2D eigenvalue weighted by Gasteiger charge is -2.31. The number of aliphatic carboxylic acids is 1. The van der Waals surface area contributed by atoms with E-state index in [1.165, 1.54) is 0 Å². The van der Waals surface area contributed by atoms with Gasteiger partial charge in [0.1, 0.15) is 0 Å². The van der Waals surface area contributed by atoms with Gasteiger partial charge in [-0.25, -0.2) is 0 Å². The summed E-state index contributed by atoms with van der Waals surface area (Å²) in [5.41, 5.74) is 1.11. The fraction of sp³-hybridized carbons (Fsp3) is 0.700. The molecule has 0 amide bonds. The molecule has 1 rings (SSSR count). The molecule has 0 aliphatic heterocycles. The zero-order chi connectivity index (χ0) is 10.1. The molecule has 0 aromatic rings. The second-order valence-corrected chi connectivity index (χ2v) is 4.53. The minimum absolute atomic E-state index is 0.0555. The zero-order valence-electron chi connectivity index (χ0n) is 7.81. The highest BCUT2D eigenvalue weighted by Crippen LogP contribution is 2.48. The number of halogens is 1. The monoisotopic (exact) mass is 245 g/mol. The Labute approximate surface area is 87.2 Å². The van der Waals surface area contributed by atoms with Crippen molar-refractivity contribution in [1.82, 2.24) is 0 Å². The number of carbonyl (C=O) groups is 1. The van der Waals surface area contributed by atoms with Gasteiger partial charge < -0.3 is 9.90 Å². The van der Waals surface area contributed by atoms with Crippen LogP contribution in [0.5, 0.6) is 0 Å². The predicted molar refractivity (Wildman–Crippen MR) is 53.4 cm³/mol. The van der Waals surface area contributed by atoms with Crippen LogP contribution in [0.2, 0.25) is 0 Å². The number of carboxylic acids is 1. The van der Waals surface area contributed by atoms with Crippen molar-refractivity contribution in [2.75, 3.05) is 5.33 Å². The van der Waals surface area contributed by atoms with E-state index in [0.29, 0.717) is 0 Å².